The number of rotatable bonds is 5. The van der Waals surface area contributed by atoms with Crippen molar-refractivity contribution in [3.8, 4) is 0 Å². The third kappa shape index (κ3) is 3.06. The fourth-order valence-electron chi connectivity index (χ4n) is 0.795. The molecule has 1 N–H and O–H groups in total. The monoisotopic (exact) mass is 202 g/mol. The molecule has 72 valence electrons. The van der Waals surface area contributed by atoms with Crippen molar-refractivity contribution in [2.24, 2.45) is 0 Å². The van der Waals surface area contributed by atoms with Gasteiger partial charge in [-0.25, -0.2) is 0 Å². The molecule has 1 atom stereocenters. The van der Waals surface area contributed by atoms with Gasteiger partial charge in [0.05, 0.1) is 5.75 Å². The van der Waals surface area contributed by atoms with Crippen LogP contribution in [-0.2, 0) is 10.5 Å². The summed E-state index contributed by atoms with van der Waals surface area (Å²) in [5.41, 5.74) is 0. The Bertz CT molecular complexity index is 263. The minimum absolute atomic E-state index is 0.396. The van der Waals surface area contributed by atoms with E-state index in [2.05, 4.69) is 10.1 Å². The molecule has 1 unspecified atom stereocenters. The number of aliphatic carboxylic acids is 1. The van der Waals surface area contributed by atoms with Crippen LogP contribution in [0.3, 0.4) is 0 Å². The largest absolute Gasteiger partial charge is 0.480 e. The first-order valence-electron chi connectivity index (χ1n) is 3.84. The van der Waals surface area contributed by atoms with E-state index in [1.807, 2.05) is 6.92 Å². The minimum atomic E-state index is -0.799. The number of carbonyl (C=O) groups is 1. The second kappa shape index (κ2) is 4.86. The SMILES string of the molecule is CCC(SCc1ncno1)C(=O)O. The van der Waals surface area contributed by atoms with Crippen LogP contribution in [0.2, 0.25) is 0 Å². The predicted octanol–water partition coefficient (Wildman–Crippen LogP) is 1.17. The lowest BCUT2D eigenvalue weighted by atomic mass is 10.3. The zero-order valence-corrected chi connectivity index (χ0v) is 7.95. The Labute approximate surface area is 79.5 Å². The van der Waals surface area contributed by atoms with Crippen LogP contribution >= 0.6 is 11.8 Å². The molecule has 0 fully saturated rings. The maximum Gasteiger partial charge on any atom is 0.316 e. The van der Waals surface area contributed by atoms with Gasteiger partial charge in [-0.2, -0.15) is 4.98 Å². The van der Waals surface area contributed by atoms with Crippen LogP contribution in [0.1, 0.15) is 19.2 Å². The minimum Gasteiger partial charge on any atom is -0.480 e. The molecule has 0 aliphatic rings. The van der Waals surface area contributed by atoms with Crippen molar-refractivity contribution in [3.63, 3.8) is 0 Å². The molecule has 1 aromatic heterocycles. The molecule has 0 bridgehead atoms. The molecule has 1 aromatic rings. The Balaban J connectivity index is 2.36. The smallest absolute Gasteiger partial charge is 0.316 e. The molecule has 0 saturated carbocycles. The van der Waals surface area contributed by atoms with E-state index in [4.69, 9.17) is 9.63 Å². The summed E-state index contributed by atoms with van der Waals surface area (Å²) in [5.74, 6) is 0.113. The van der Waals surface area contributed by atoms with Gasteiger partial charge < -0.3 is 9.63 Å². The maximum atomic E-state index is 10.6. The van der Waals surface area contributed by atoms with Crippen molar-refractivity contribution >= 4 is 17.7 Å². The van der Waals surface area contributed by atoms with Crippen LogP contribution in [-0.4, -0.2) is 26.5 Å². The van der Waals surface area contributed by atoms with Gasteiger partial charge in [-0.3, -0.25) is 4.79 Å². The van der Waals surface area contributed by atoms with Gasteiger partial charge in [0.25, 0.3) is 0 Å². The zero-order chi connectivity index (χ0) is 9.68. The lowest BCUT2D eigenvalue weighted by Crippen LogP contribution is -2.15. The Hall–Kier alpha value is -1.04. The molecular weight excluding hydrogens is 192 g/mol. The molecule has 0 aromatic carbocycles. The summed E-state index contributed by atoms with van der Waals surface area (Å²) in [6, 6.07) is 0. The number of carboxylic acids is 1. The molecule has 1 heterocycles. The Morgan fingerprint density at radius 2 is 2.62 bits per heavy atom. The molecule has 0 aliphatic carbocycles. The summed E-state index contributed by atoms with van der Waals surface area (Å²) in [7, 11) is 0. The van der Waals surface area contributed by atoms with Crippen LogP contribution in [0, 0.1) is 0 Å². The van der Waals surface area contributed by atoms with Crippen LogP contribution in [0.15, 0.2) is 10.9 Å². The van der Waals surface area contributed by atoms with Gasteiger partial charge in [-0.15, -0.1) is 11.8 Å². The molecular formula is C7H10N2O3S. The van der Waals surface area contributed by atoms with Gasteiger partial charge in [0, 0.05) is 0 Å². The summed E-state index contributed by atoms with van der Waals surface area (Å²) in [6.45, 7) is 1.83. The average Bonchev–Trinajstić information content (AvgIpc) is 2.57. The van der Waals surface area contributed by atoms with Crippen LogP contribution in [0.25, 0.3) is 0 Å². The maximum absolute atomic E-state index is 10.6. The van der Waals surface area contributed by atoms with Gasteiger partial charge in [-0.05, 0) is 6.42 Å². The second-order valence-corrected chi connectivity index (χ2v) is 3.57. The lowest BCUT2D eigenvalue weighted by Gasteiger charge is -2.06. The van der Waals surface area contributed by atoms with Gasteiger partial charge in [0.2, 0.25) is 5.89 Å². The molecule has 0 spiro atoms. The Morgan fingerprint density at radius 3 is 3.08 bits per heavy atom. The Morgan fingerprint density at radius 1 is 1.85 bits per heavy atom. The van der Waals surface area contributed by atoms with Crippen molar-refractivity contribution < 1.29 is 14.4 Å². The van der Waals surface area contributed by atoms with E-state index in [-0.39, 0.29) is 0 Å². The highest BCUT2D eigenvalue weighted by atomic mass is 32.2. The summed E-state index contributed by atoms with van der Waals surface area (Å²) in [5, 5.41) is 11.7. The number of thioether (sulfide) groups is 1. The summed E-state index contributed by atoms with van der Waals surface area (Å²) in [4.78, 5) is 14.4. The lowest BCUT2D eigenvalue weighted by molar-refractivity contribution is -0.136. The quantitative estimate of drug-likeness (QED) is 0.772. The van der Waals surface area contributed by atoms with Crippen molar-refractivity contribution in [2.75, 3.05) is 0 Å². The normalized spacial score (nSPS) is 12.7. The summed E-state index contributed by atoms with van der Waals surface area (Å²) in [6.07, 6.45) is 1.89. The summed E-state index contributed by atoms with van der Waals surface area (Å²) >= 11 is 1.29. The third-order valence-electron chi connectivity index (χ3n) is 1.46. The van der Waals surface area contributed by atoms with Crippen LogP contribution in [0.4, 0.5) is 0 Å². The molecule has 6 heteroatoms. The fraction of sp³-hybridized carbons (Fsp3) is 0.571. The number of hydrogen-bond donors (Lipinski definition) is 1. The van der Waals surface area contributed by atoms with Gasteiger partial charge in [-0.1, -0.05) is 12.1 Å². The topological polar surface area (TPSA) is 76.2 Å². The third-order valence-corrected chi connectivity index (χ3v) is 2.81. The van der Waals surface area contributed by atoms with Gasteiger partial charge in [0.15, 0.2) is 6.33 Å². The average molecular weight is 202 g/mol. The molecule has 1 rings (SSSR count). The standard InChI is InChI=1S/C7H10N2O3S/c1-2-5(7(10)11)13-3-6-8-4-9-12-6/h4-5H,2-3H2,1H3,(H,10,11). The Kier molecular flexibility index (Phi) is 3.75. The highest BCUT2D eigenvalue weighted by molar-refractivity contribution is 7.99. The second-order valence-electron chi connectivity index (χ2n) is 2.38. The number of carboxylic acid groups (broad SMARTS) is 1. The van der Waals surface area contributed by atoms with Gasteiger partial charge in [0.1, 0.15) is 5.25 Å². The molecule has 13 heavy (non-hydrogen) atoms. The van der Waals surface area contributed by atoms with Crippen molar-refractivity contribution in [1.29, 1.82) is 0 Å². The molecule has 0 saturated heterocycles. The first kappa shape index (κ1) is 10.0. The predicted molar refractivity (Wildman–Crippen MR) is 47.3 cm³/mol. The number of aromatic nitrogens is 2. The van der Waals surface area contributed by atoms with E-state index in [9.17, 15) is 4.79 Å². The fourth-order valence-corrected chi connectivity index (χ4v) is 1.64. The first-order chi connectivity index (χ1) is 6.24. The van der Waals surface area contributed by atoms with E-state index >= 15 is 0 Å². The summed E-state index contributed by atoms with van der Waals surface area (Å²) < 4.78 is 4.73. The molecule has 5 nitrogen and oxygen atoms in total. The van der Waals surface area contributed by atoms with E-state index in [1.165, 1.54) is 18.1 Å². The van der Waals surface area contributed by atoms with Crippen molar-refractivity contribution in [1.82, 2.24) is 10.1 Å². The van der Waals surface area contributed by atoms with E-state index in [1.54, 1.807) is 0 Å². The van der Waals surface area contributed by atoms with Gasteiger partial charge >= 0.3 is 5.97 Å². The van der Waals surface area contributed by atoms with E-state index in [0.29, 0.717) is 18.1 Å². The molecule has 0 radical (unpaired) electrons. The first-order valence-corrected chi connectivity index (χ1v) is 4.89. The highest BCUT2D eigenvalue weighted by Gasteiger charge is 2.16. The molecule has 0 aliphatic heterocycles. The van der Waals surface area contributed by atoms with Crippen molar-refractivity contribution in [2.45, 2.75) is 24.3 Å². The highest BCUT2D eigenvalue weighted by Crippen LogP contribution is 2.18. The molecule has 0 amide bonds. The van der Waals surface area contributed by atoms with E-state index < -0.39 is 11.2 Å². The number of nitrogens with zero attached hydrogens (tertiary/aromatic N) is 2. The zero-order valence-electron chi connectivity index (χ0n) is 7.14. The van der Waals surface area contributed by atoms with E-state index in [0.717, 1.165) is 0 Å². The van der Waals surface area contributed by atoms with Crippen LogP contribution < -0.4 is 0 Å². The number of hydrogen-bond acceptors (Lipinski definition) is 5. The van der Waals surface area contributed by atoms with Crippen molar-refractivity contribution in [3.05, 3.63) is 12.2 Å². The van der Waals surface area contributed by atoms with Crippen LogP contribution in [0.5, 0.6) is 0 Å².